The van der Waals surface area contributed by atoms with Crippen molar-refractivity contribution in [2.75, 3.05) is 27.0 Å². The number of rotatable bonds is 6. The summed E-state index contributed by atoms with van der Waals surface area (Å²) < 4.78 is 16.1. The Labute approximate surface area is 191 Å². The van der Waals surface area contributed by atoms with Crippen LogP contribution in [0.15, 0.2) is 36.4 Å². The van der Waals surface area contributed by atoms with Crippen LogP contribution in [-0.4, -0.2) is 60.6 Å². The second kappa shape index (κ2) is 8.65. The molecule has 2 saturated heterocycles. The predicted molar refractivity (Wildman–Crippen MR) is 117 cm³/mol. The number of nitrogens with zero attached hydrogens (tertiary/aromatic N) is 2. The van der Waals surface area contributed by atoms with Gasteiger partial charge in [-0.2, -0.15) is 0 Å². The monoisotopic (exact) mass is 451 g/mol. The van der Waals surface area contributed by atoms with Gasteiger partial charge in [-0.1, -0.05) is 6.07 Å². The molecule has 9 nitrogen and oxygen atoms in total. The molecule has 0 radical (unpaired) electrons. The summed E-state index contributed by atoms with van der Waals surface area (Å²) in [5.74, 6) is 1.59. The number of hydrogen-bond acceptors (Lipinski definition) is 6. The minimum Gasteiger partial charge on any atom is -0.496 e. The highest BCUT2D eigenvalue weighted by Crippen LogP contribution is 2.32. The van der Waals surface area contributed by atoms with Crippen LogP contribution in [0, 0.1) is 0 Å². The zero-order valence-electron chi connectivity index (χ0n) is 18.3. The van der Waals surface area contributed by atoms with Crippen LogP contribution in [0.4, 0.5) is 0 Å². The van der Waals surface area contributed by atoms with Crippen LogP contribution >= 0.6 is 0 Å². The average Bonchev–Trinajstić information content (AvgIpc) is 3.50. The molecule has 0 bridgehead atoms. The number of fused-ring (bicyclic) bond motifs is 2. The molecule has 1 atom stereocenters. The number of methoxy groups -OCH3 is 1. The number of nitrogens with one attached hydrogen (secondary N) is 1. The number of carbonyl (C=O) groups is 3. The van der Waals surface area contributed by atoms with Gasteiger partial charge in [0, 0.05) is 30.8 Å². The zero-order valence-corrected chi connectivity index (χ0v) is 18.3. The van der Waals surface area contributed by atoms with Crippen LogP contribution in [-0.2, 0) is 22.7 Å². The maximum Gasteiger partial charge on any atom is 0.251 e. The van der Waals surface area contributed by atoms with E-state index in [1.54, 1.807) is 35.1 Å². The molecular weight excluding hydrogens is 426 g/mol. The Bertz CT molecular complexity index is 1120. The first-order valence-corrected chi connectivity index (χ1v) is 11.0. The van der Waals surface area contributed by atoms with E-state index in [-0.39, 0.29) is 43.6 Å². The average molecular weight is 451 g/mol. The Morgan fingerprint density at radius 2 is 2.00 bits per heavy atom. The van der Waals surface area contributed by atoms with Gasteiger partial charge in [0.2, 0.25) is 18.6 Å². The summed E-state index contributed by atoms with van der Waals surface area (Å²) >= 11 is 0. The summed E-state index contributed by atoms with van der Waals surface area (Å²) in [5.41, 5.74) is 2.02. The van der Waals surface area contributed by atoms with E-state index in [0.717, 1.165) is 12.0 Å². The van der Waals surface area contributed by atoms with Crippen molar-refractivity contribution < 1.29 is 28.6 Å². The summed E-state index contributed by atoms with van der Waals surface area (Å²) in [4.78, 5) is 41.4. The quantitative estimate of drug-likeness (QED) is 0.718. The van der Waals surface area contributed by atoms with Crippen molar-refractivity contribution in [3.63, 3.8) is 0 Å². The normalized spacial score (nSPS) is 19.0. The van der Waals surface area contributed by atoms with Crippen LogP contribution in [0.25, 0.3) is 0 Å². The summed E-state index contributed by atoms with van der Waals surface area (Å²) in [7, 11) is 1.54. The van der Waals surface area contributed by atoms with Crippen LogP contribution in [0.5, 0.6) is 17.2 Å². The SMILES string of the molecule is COc1ccc(C(=O)NCc2ccc3c(c2)OCO3)cc1CN1CC(=O)N2CCC[C@H]2C1=O. The molecule has 9 heteroatoms. The molecule has 0 saturated carbocycles. The molecule has 5 rings (SSSR count). The fourth-order valence-corrected chi connectivity index (χ4v) is 4.58. The van der Waals surface area contributed by atoms with Gasteiger partial charge >= 0.3 is 0 Å². The Morgan fingerprint density at radius 1 is 1.15 bits per heavy atom. The van der Waals surface area contributed by atoms with Gasteiger partial charge in [0.25, 0.3) is 5.91 Å². The number of piperazine rings is 1. The molecular formula is C24H25N3O6. The van der Waals surface area contributed by atoms with Crippen LogP contribution in [0.3, 0.4) is 0 Å². The molecule has 2 aromatic rings. The maximum absolute atomic E-state index is 12.9. The molecule has 2 aromatic carbocycles. The third-order valence-electron chi connectivity index (χ3n) is 6.29. The van der Waals surface area contributed by atoms with Crippen molar-refractivity contribution in [2.45, 2.75) is 32.0 Å². The number of ether oxygens (including phenoxy) is 3. The van der Waals surface area contributed by atoms with Crippen molar-refractivity contribution in [3.8, 4) is 17.2 Å². The van der Waals surface area contributed by atoms with Gasteiger partial charge in [0.15, 0.2) is 11.5 Å². The number of carbonyl (C=O) groups excluding carboxylic acids is 3. The van der Waals surface area contributed by atoms with E-state index in [1.165, 1.54) is 0 Å². The molecule has 0 spiro atoms. The van der Waals surface area contributed by atoms with Crippen LogP contribution in [0.2, 0.25) is 0 Å². The van der Waals surface area contributed by atoms with E-state index in [1.807, 2.05) is 18.2 Å². The fraction of sp³-hybridized carbons (Fsp3) is 0.375. The summed E-state index contributed by atoms with van der Waals surface area (Å²) in [6.07, 6.45) is 1.54. The van der Waals surface area contributed by atoms with Gasteiger partial charge < -0.3 is 29.3 Å². The molecule has 1 N–H and O–H groups in total. The first-order valence-electron chi connectivity index (χ1n) is 11.0. The van der Waals surface area contributed by atoms with E-state index in [0.29, 0.717) is 47.9 Å². The maximum atomic E-state index is 12.9. The predicted octanol–water partition coefficient (Wildman–Crippen LogP) is 1.69. The van der Waals surface area contributed by atoms with Crippen molar-refractivity contribution >= 4 is 17.7 Å². The van der Waals surface area contributed by atoms with E-state index < -0.39 is 0 Å². The molecule has 0 unspecified atom stereocenters. The fourth-order valence-electron chi connectivity index (χ4n) is 4.58. The van der Waals surface area contributed by atoms with Gasteiger partial charge in [0.05, 0.1) is 7.11 Å². The van der Waals surface area contributed by atoms with Crippen LogP contribution in [0.1, 0.15) is 34.3 Å². The lowest BCUT2D eigenvalue weighted by atomic mass is 10.1. The first kappa shape index (κ1) is 21.1. The molecule has 33 heavy (non-hydrogen) atoms. The van der Waals surface area contributed by atoms with Gasteiger partial charge in [-0.15, -0.1) is 0 Å². The smallest absolute Gasteiger partial charge is 0.251 e. The molecule has 3 amide bonds. The Hall–Kier alpha value is -3.75. The lowest BCUT2D eigenvalue weighted by Crippen LogP contribution is -2.56. The number of hydrogen-bond donors (Lipinski definition) is 1. The van der Waals surface area contributed by atoms with E-state index >= 15 is 0 Å². The van der Waals surface area contributed by atoms with Crippen molar-refractivity contribution in [2.24, 2.45) is 0 Å². The zero-order chi connectivity index (χ0) is 22.9. The summed E-state index contributed by atoms with van der Waals surface area (Å²) in [6.45, 7) is 1.42. The first-order chi connectivity index (χ1) is 16.0. The number of amides is 3. The van der Waals surface area contributed by atoms with Gasteiger partial charge in [-0.3, -0.25) is 14.4 Å². The Balaban J connectivity index is 1.29. The van der Waals surface area contributed by atoms with E-state index in [9.17, 15) is 14.4 Å². The topological polar surface area (TPSA) is 97.4 Å². The van der Waals surface area contributed by atoms with Gasteiger partial charge in [-0.25, -0.2) is 0 Å². The number of benzene rings is 2. The third-order valence-corrected chi connectivity index (χ3v) is 6.29. The van der Waals surface area contributed by atoms with Crippen molar-refractivity contribution in [1.29, 1.82) is 0 Å². The van der Waals surface area contributed by atoms with Gasteiger partial charge in [-0.05, 0) is 48.7 Å². The largest absolute Gasteiger partial charge is 0.496 e. The third kappa shape index (κ3) is 4.06. The lowest BCUT2D eigenvalue weighted by molar-refractivity contribution is -0.154. The van der Waals surface area contributed by atoms with Crippen molar-refractivity contribution in [3.05, 3.63) is 53.1 Å². The molecule has 2 fully saturated rings. The van der Waals surface area contributed by atoms with Gasteiger partial charge in [0.1, 0.15) is 18.3 Å². The molecule has 3 aliphatic rings. The minimum absolute atomic E-state index is 0.0336. The Kier molecular flexibility index (Phi) is 5.53. The minimum atomic E-state index is -0.370. The molecule has 0 aliphatic carbocycles. The highest BCUT2D eigenvalue weighted by atomic mass is 16.7. The highest BCUT2D eigenvalue weighted by Gasteiger charge is 2.41. The second-order valence-electron chi connectivity index (χ2n) is 8.34. The molecule has 3 aliphatic heterocycles. The Morgan fingerprint density at radius 3 is 2.85 bits per heavy atom. The van der Waals surface area contributed by atoms with Crippen molar-refractivity contribution in [1.82, 2.24) is 15.1 Å². The van der Waals surface area contributed by atoms with E-state index in [4.69, 9.17) is 14.2 Å². The lowest BCUT2D eigenvalue weighted by Gasteiger charge is -2.36. The molecule has 0 aromatic heterocycles. The van der Waals surface area contributed by atoms with E-state index in [2.05, 4.69) is 5.32 Å². The summed E-state index contributed by atoms with van der Waals surface area (Å²) in [6, 6.07) is 10.3. The molecule has 3 heterocycles. The van der Waals surface area contributed by atoms with Crippen LogP contribution < -0.4 is 19.5 Å². The second-order valence-corrected chi connectivity index (χ2v) is 8.34. The standard InChI is InChI=1S/C24H25N3O6/c1-31-19-7-5-16(23(29)25-11-15-4-6-20-21(9-15)33-14-32-20)10-17(19)12-26-13-22(28)27-8-2-3-18(27)24(26)30/h4-7,9-10,18H,2-3,8,11-14H2,1H3,(H,25,29)/t18-/m0/s1. The highest BCUT2D eigenvalue weighted by molar-refractivity contribution is 5.96. The summed E-state index contributed by atoms with van der Waals surface area (Å²) in [5, 5.41) is 2.90. The molecule has 172 valence electrons.